The number of carbonyl (C=O) groups is 1. The van der Waals surface area contributed by atoms with Crippen molar-refractivity contribution >= 4 is 14.3 Å². The Morgan fingerprint density at radius 1 is 1.09 bits per heavy atom. The van der Waals surface area contributed by atoms with Gasteiger partial charge in [-0.15, -0.1) is 0 Å². The van der Waals surface area contributed by atoms with Crippen molar-refractivity contribution in [3.8, 4) is 0 Å². The standard InChI is InChI=1S/C18H38O3Si/c1-11-12-14(2)15(21-16(19)17(3,4)5)13-20-22(9,10)18(6,7)8/h14-15H,11-13H2,1-10H3/t14-,15+/m1/s1. The molecule has 0 unspecified atom stereocenters. The summed E-state index contributed by atoms with van der Waals surface area (Å²) in [6.45, 7) is 21.7. The van der Waals surface area contributed by atoms with E-state index in [-0.39, 0.29) is 17.1 Å². The zero-order valence-electron chi connectivity index (χ0n) is 16.5. The summed E-state index contributed by atoms with van der Waals surface area (Å²) in [7, 11) is -1.82. The summed E-state index contributed by atoms with van der Waals surface area (Å²) < 4.78 is 12.1. The number of carbonyl (C=O) groups excluding carboxylic acids is 1. The van der Waals surface area contributed by atoms with E-state index in [2.05, 4.69) is 47.7 Å². The number of rotatable bonds is 7. The van der Waals surface area contributed by atoms with Crippen molar-refractivity contribution in [2.75, 3.05) is 6.61 Å². The first-order valence-corrected chi connectivity index (χ1v) is 11.5. The lowest BCUT2D eigenvalue weighted by Gasteiger charge is -2.38. The van der Waals surface area contributed by atoms with Crippen LogP contribution in [-0.4, -0.2) is 27.0 Å². The minimum Gasteiger partial charge on any atom is -0.459 e. The van der Waals surface area contributed by atoms with Gasteiger partial charge in [0.15, 0.2) is 8.32 Å². The number of esters is 1. The van der Waals surface area contributed by atoms with Crippen molar-refractivity contribution in [3.63, 3.8) is 0 Å². The summed E-state index contributed by atoms with van der Waals surface area (Å²) >= 11 is 0. The van der Waals surface area contributed by atoms with Gasteiger partial charge in [0.1, 0.15) is 6.10 Å². The molecule has 0 saturated carbocycles. The minimum absolute atomic E-state index is 0.140. The van der Waals surface area contributed by atoms with E-state index in [1.54, 1.807) is 0 Å². The smallest absolute Gasteiger partial charge is 0.311 e. The molecule has 0 aromatic rings. The molecule has 3 nitrogen and oxygen atoms in total. The van der Waals surface area contributed by atoms with E-state index in [9.17, 15) is 4.79 Å². The zero-order chi connectivity index (χ0) is 17.8. The Kier molecular flexibility index (Phi) is 7.83. The van der Waals surface area contributed by atoms with E-state index in [4.69, 9.17) is 9.16 Å². The molecule has 0 aromatic carbocycles. The summed E-state index contributed by atoms with van der Waals surface area (Å²) in [6, 6.07) is 0. The van der Waals surface area contributed by atoms with Crippen molar-refractivity contribution in [1.29, 1.82) is 0 Å². The molecule has 0 heterocycles. The van der Waals surface area contributed by atoms with Gasteiger partial charge in [-0.2, -0.15) is 0 Å². The summed E-state index contributed by atoms with van der Waals surface area (Å²) in [6.07, 6.45) is 1.98. The van der Waals surface area contributed by atoms with E-state index >= 15 is 0 Å². The second kappa shape index (κ2) is 7.96. The van der Waals surface area contributed by atoms with Gasteiger partial charge in [0.05, 0.1) is 12.0 Å². The Hall–Kier alpha value is -0.353. The topological polar surface area (TPSA) is 35.5 Å². The Bertz CT molecular complexity index is 350. The summed E-state index contributed by atoms with van der Waals surface area (Å²) in [4.78, 5) is 12.2. The van der Waals surface area contributed by atoms with E-state index in [1.165, 1.54) is 0 Å². The van der Waals surface area contributed by atoms with Crippen molar-refractivity contribution in [2.45, 2.75) is 92.5 Å². The van der Waals surface area contributed by atoms with Gasteiger partial charge in [0, 0.05) is 0 Å². The fourth-order valence-electron chi connectivity index (χ4n) is 1.78. The van der Waals surface area contributed by atoms with Gasteiger partial charge >= 0.3 is 5.97 Å². The third-order valence-corrected chi connectivity index (χ3v) is 9.16. The fraction of sp³-hybridized carbons (Fsp3) is 0.944. The second-order valence-corrected chi connectivity index (χ2v) is 13.8. The molecule has 0 bridgehead atoms. The first kappa shape index (κ1) is 21.6. The molecule has 0 radical (unpaired) electrons. The minimum atomic E-state index is -1.82. The zero-order valence-corrected chi connectivity index (χ0v) is 17.5. The van der Waals surface area contributed by atoms with Gasteiger partial charge in [0.25, 0.3) is 0 Å². The average Bonchev–Trinajstić information content (AvgIpc) is 2.31. The van der Waals surface area contributed by atoms with Crippen molar-refractivity contribution in [3.05, 3.63) is 0 Å². The average molecular weight is 331 g/mol. The second-order valence-electron chi connectivity index (χ2n) is 9.03. The Labute approximate surface area is 139 Å². The van der Waals surface area contributed by atoms with Gasteiger partial charge in [-0.1, -0.05) is 41.0 Å². The van der Waals surface area contributed by atoms with Crippen LogP contribution in [0.3, 0.4) is 0 Å². The lowest BCUT2D eigenvalue weighted by molar-refractivity contribution is -0.163. The predicted octanol–water partition coefficient (Wildman–Crippen LogP) is 5.40. The first-order chi connectivity index (χ1) is 9.72. The van der Waals surface area contributed by atoms with Crippen molar-refractivity contribution in [1.82, 2.24) is 0 Å². The molecule has 0 fully saturated rings. The highest BCUT2D eigenvalue weighted by molar-refractivity contribution is 6.74. The summed E-state index contributed by atoms with van der Waals surface area (Å²) in [5.41, 5.74) is -0.471. The molecular weight excluding hydrogens is 292 g/mol. The van der Waals surface area contributed by atoms with Crippen LogP contribution < -0.4 is 0 Å². The van der Waals surface area contributed by atoms with Gasteiger partial charge in [-0.3, -0.25) is 4.79 Å². The van der Waals surface area contributed by atoms with Crippen LogP contribution in [0.1, 0.15) is 68.2 Å². The molecule has 132 valence electrons. The quantitative estimate of drug-likeness (QED) is 0.463. The highest BCUT2D eigenvalue weighted by Gasteiger charge is 2.38. The van der Waals surface area contributed by atoms with Crippen LogP contribution in [0.25, 0.3) is 0 Å². The maximum atomic E-state index is 12.2. The Morgan fingerprint density at radius 2 is 1.59 bits per heavy atom. The van der Waals surface area contributed by atoms with Crippen LogP contribution >= 0.6 is 0 Å². The molecule has 22 heavy (non-hydrogen) atoms. The molecular formula is C18H38O3Si. The third kappa shape index (κ3) is 6.82. The van der Waals surface area contributed by atoms with Gasteiger partial charge < -0.3 is 9.16 Å². The molecule has 0 aliphatic carbocycles. The summed E-state index contributed by atoms with van der Waals surface area (Å²) in [5.74, 6) is 0.181. The van der Waals surface area contributed by atoms with Crippen LogP contribution in [0.15, 0.2) is 0 Å². The largest absolute Gasteiger partial charge is 0.459 e. The normalized spacial score (nSPS) is 16.3. The molecule has 0 rings (SSSR count). The van der Waals surface area contributed by atoms with Crippen LogP contribution in [0.2, 0.25) is 18.1 Å². The molecule has 0 aromatic heterocycles. The van der Waals surface area contributed by atoms with Crippen LogP contribution in [0, 0.1) is 11.3 Å². The highest BCUT2D eigenvalue weighted by Crippen LogP contribution is 2.37. The van der Waals surface area contributed by atoms with Gasteiger partial charge in [-0.25, -0.2) is 0 Å². The lowest BCUT2D eigenvalue weighted by atomic mass is 9.96. The maximum Gasteiger partial charge on any atom is 0.311 e. The molecule has 0 saturated heterocycles. The molecule has 0 aliphatic heterocycles. The molecule has 0 N–H and O–H groups in total. The van der Waals surface area contributed by atoms with E-state index in [0.717, 1.165) is 12.8 Å². The van der Waals surface area contributed by atoms with E-state index in [0.29, 0.717) is 12.5 Å². The third-order valence-electron chi connectivity index (χ3n) is 4.66. The first-order valence-electron chi connectivity index (χ1n) is 8.57. The van der Waals surface area contributed by atoms with Gasteiger partial charge in [-0.05, 0) is 51.2 Å². The number of hydrogen-bond donors (Lipinski definition) is 0. The molecule has 0 aliphatic rings. The Balaban J connectivity index is 4.93. The fourth-order valence-corrected chi connectivity index (χ4v) is 2.79. The number of hydrogen-bond acceptors (Lipinski definition) is 3. The highest BCUT2D eigenvalue weighted by atomic mass is 28.4. The van der Waals surface area contributed by atoms with Gasteiger partial charge in [0.2, 0.25) is 0 Å². The van der Waals surface area contributed by atoms with E-state index < -0.39 is 13.7 Å². The molecule has 0 amide bonds. The molecule has 2 atom stereocenters. The lowest BCUT2D eigenvalue weighted by Crippen LogP contribution is -2.44. The molecule has 0 spiro atoms. The predicted molar refractivity (Wildman–Crippen MR) is 96.6 cm³/mol. The van der Waals surface area contributed by atoms with Crippen LogP contribution in [0.5, 0.6) is 0 Å². The van der Waals surface area contributed by atoms with Crippen molar-refractivity contribution in [2.24, 2.45) is 11.3 Å². The Morgan fingerprint density at radius 3 is 1.95 bits per heavy atom. The van der Waals surface area contributed by atoms with E-state index in [1.807, 2.05) is 20.8 Å². The molecule has 4 heteroatoms. The maximum absolute atomic E-state index is 12.2. The monoisotopic (exact) mass is 330 g/mol. The SMILES string of the molecule is CCC[C@@H](C)[C@H](CO[Si](C)(C)C(C)(C)C)OC(=O)C(C)(C)C. The number of ether oxygens (including phenoxy) is 1. The van der Waals surface area contributed by atoms with Crippen molar-refractivity contribution < 1.29 is 14.0 Å². The van der Waals surface area contributed by atoms with Crippen LogP contribution in [0.4, 0.5) is 0 Å². The van der Waals surface area contributed by atoms with Crippen LogP contribution in [-0.2, 0) is 14.0 Å². The summed E-state index contributed by atoms with van der Waals surface area (Å²) in [5, 5.41) is 0.166.